The highest BCUT2D eigenvalue weighted by atomic mass is 35.5. The molecule has 0 amide bonds. The summed E-state index contributed by atoms with van der Waals surface area (Å²) in [5.74, 6) is 0.667. The van der Waals surface area contributed by atoms with Crippen molar-refractivity contribution in [3.8, 4) is 0 Å². The Balaban J connectivity index is 2.95. The zero-order chi connectivity index (χ0) is 7.11. The lowest BCUT2D eigenvalue weighted by molar-refractivity contribution is 0.153. The SMILES string of the molecule is CCCC(O)CCCCl. The van der Waals surface area contributed by atoms with Gasteiger partial charge in [0.05, 0.1) is 6.10 Å². The summed E-state index contributed by atoms with van der Waals surface area (Å²) in [5, 5.41) is 9.12. The Kier molecular flexibility index (Phi) is 6.55. The van der Waals surface area contributed by atoms with Crippen LogP contribution >= 0.6 is 11.6 Å². The van der Waals surface area contributed by atoms with Crippen molar-refractivity contribution in [2.75, 3.05) is 5.88 Å². The van der Waals surface area contributed by atoms with Crippen molar-refractivity contribution in [2.24, 2.45) is 0 Å². The standard InChI is InChI=1S/C7H15ClO/c1-2-4-7(9)5-3-6-8/h7,9H,2-6H2,1H3. The fraction of sp³-hybridized carbons (Fsp3) is 1.00. The molecule has 1 N–H and O–H groups in total. The molecule has 9 heavy (non-hydrogen) atoms. The molecule has 0 aliphatic rings. The van der Waals surface area contributed by atoms with E-state index in [9.17, 15) is 0 Å². The number of hydrogen-bond donors (Lipinski definition) is 1. The van der Waals surface area contributed by atoms with Crippen molar-refractivity contribution in [3.05, 3.63) is 0 Å². The van der Waals surface area contributed by atoms with Crippen molar-refractivity contribution in [3.63, 3.8) is 0 Å². The molecule has 0 aliphatic heterocycles. The van der Waals surface area contributed by atoms with Crippen molar-refractivity contribution in [2.45, 2.75) is 38.7 Å². The fourth-order valence-electron chi connectivity index (χ4n) is 0.790. The van der Waals surface area contributed by atoms with Gasteiger partial charge in [-0.1, -0.05) is 13.3 Å². The van der Waals surface area contributed by atoms with Gasteiger partial charge in [0.1, 0.15) is 0 Å². The molecule has 0 spiro atoms. The van der Waals surface area contributed by atoms with Gasteiger partial charge in [-0.3, -0.25) is 0 Å². The molecule has 0 radical (unpaired) electrons. The molecule has 56 valence electrons. The van der Waals surface area contributed by atoms with Crippen LogP contribution in [-0.2, 0) is 0 Å². The second-order valence-corrected chi connectivity index (χ2v) is 2.65. The van der Waals surface area contributed by atoms with Crippen molar-refractivity contribution in [1.82, 2.24) is 0 Å². The van der Waals surface area contributed by atoms with E-state index in [1.54, 1.807) is 0 Å². The highest BCUT2D eigenvalue weighted by molar-refractivity contribution is 6.17. The summed E-state index contributed by atoms with van der Waals surface area (Å²) in [6.45, 7) is 2.07. The zero-order valence-electron chi connectivity index (χ0n) is 5.94. The van der Waals surface area contributed by atoms with Crippen molar-refractivity contribution >= 4 is 11.6 Å². The second kappa shape index (κ2) is 6.37. The molecule has 1 atom stereocenters. The molecule has 0 aromatic heterocycles. The molecule has 0 aromatic carbocycles. The Labute approximate surface area is 62.0 Å². The van der Waals surface area contributed by atoms with E-state index in [0.717, 1.165) is 25.7 Å². The Morgan fingerprint density at radius 1 is 1.44 bits per heavy atom. The molecule has 1 unspecified atom stereocenters. The van der Waals surface area contributed by atoms with Crippen LogP contribution in [0.2, 0.25) is 0 Å². The van der Waals surface area contributed by atoms with E-state index in [0.29, 0.717) is 5.88 Å². The summed E-state index contributed by atoms with van der Waals surface area (Å²) in [4.78, 5) is 0. The van der Waals surface area contributed by atoms with E-state index < -0.39 is 0 Å². The summed E-state index contributed by atoms with van der Waals surface area (Å²) in [7, 11) is 0. The number of aliphatic hydroxyl groups excluding tert-OH is 1. The maximum Gasteiger partial charge on any atom is 0.0540 e. The number of halogens is 1. The largest absolute Gasteiger partial charge is 0.393 e. The highest BCUT2D eigenvalue weighted by Crippen LogP contribution is 2.04. The lowest BCUT2D eigenvalue weighted by Crippen LogP contribution is -2.05. The first-order valence-corrected chi connectivity index (χ1v) is 4.08. The van der Waals surface area contributed by atoms with Gasteiger partial charge in [-0.15, -0.1) is 11.6 Å². The fourth-order valence-corrected chi connectivity index (χ4v) is 0.945. The number of rotatable bonds is 5. The summed E-state index contributed by atoms with van der Waals surface area (Å²) >= 11 is 5.43. The van der Waals surface area contributed by atoms with E-state index in [-0.39, 0.29) is 6.10 Å². The normalized spacial score (nSPS) is 13.7. The van der Waals surface area contributed by atoms with Gasteiger partial charge in [-0.25, -0.2) is 0 Å². The molecule has 0 aliphatic carbocycles. The van der Waals surface area contributed by atoms with Crippen LogP contribution < -0.4 is 0 Å². The smallest absolute Gasteiger partial charge is 0.0540 e. The zero-order valence-corrected chi connectivity index (χ0v) is 6.69. The third-order valence-electron chi connectivity index (χ3n) is 1.29. The van der Waals surface area contributed by atoms with Gasteiger partial charge in [0.2, 0.25) is 0 Å². The molecule has 0 fully saturated rings. The summed E-state index contributed by atoms with van der Waals surface area (Å²) in [5.41, 5.74) is 0. The first-order valence-electron chi connectivity index (χ1n) is 3.55. The predicted octanol–water partition coefficient (Wildman–Crippen LogP) is 2.17. The molecule has 0 heterocycles. The topological polar surface area (TPSA) is 20.2 Å². The second-order valence-electron chi connectivity index (χ2n) is 2.27. The van der Waals surface area contributed by atoms with Crippen LogP contribution in [0.1, 0.15) is 32.6 Å². The molecule has 0 saturated heterocycles. The number of alkyl halides is 1. The minimum Gasteiger partial charge on any atom is -0.393 e. The van der Waals surface area contributed by atoms with Crippen LogP contribution in [0.25, 0.3) is 0 Å². The quantitative estimate of drug-likeness (QED) is 0.596. The van der Waals surface area contributed by atoms with Crippen LogP contribution in [-0.4, -0.2) is 17.1 Å². The van der Waals surface area contributed by atoms with Gasteiger partial charge in [-0.2, -0.15) is 0 Å². The van der Waals surface area contributed by atoms with Crippen LogP contribution in [0.15, 0.2) is 0 Å². The van der Waals surface area contributed by atoms with E-state index in [4.69, 9.17) is 16.7 Å². The Hall–Kier alpha value is 0.250. The van der Waals surface area contributed by atoms with Gasteiger partial charge in [0.15, 0.2) is 0 Å². The van der Waals surface area contributed by atoms with Gasteiger partial charge in [0.25, 0.3) is 0 Å². The molecule has 2 heteroatoms. The summed E-state index contributed by atoms with van der Waals surface area (Å²) in [6, 6.07) is 0. The van der Waals surface area contributed by atoms with E-state index in [1.807, 2.05) is 0 Å². The molecule has 0 rings (SSSR count). The predicted molar refractivity (Wildman–Crippen MR) is 40.9 cm³/mol. The molecule has 0 saturated carbocycles. The minimum atomic E-state index is -0.117. The Morgan fingerprint density at radius 2 is 2.11 bits per heavy atom. The van der Waals surface area contributed by atoms with Gasteiger partial charge in [-0.05, 0) is 19.3 Å². The first-order chi connectivity index (χ1) is 4.31. The third kappa shape index (κ3) is 6.13. The lowest BCUT2D eigenvalue weighted by atomic mass is 10.1. The summed E-state index contributed by atoms with van der Waals surface area (Å²) < 4.78 is 0. The van der Waals surface area contributed by atoms with Gasteiger partial charge in [0, 0.05) is 5.88 Å². The maximum absolute atomic E-state index is 9.12. The number of hydrogen-bond acceptors (Lipinski definition) is 1. The van der Waals surface area contributed by atoms with Gasteiger partial charge < -0.3 is 5.11 Å². The average molecular weight is 151 g/mol. The minimum absolute atomic E-state index is 0.117. The Morgan fingerprint density at radius 3 is 2.56 bits per heavy atom. The monoisotopic (exact) mass is 150 g/mol. The summed E-state index contributed by atoms with van der Waals surface area (Å²) in [6.07, 6.45) is 3.65. The molecule has 1 nitrogen and oxygen atoms in total. The van der Waals surface area contributed by atoms with Gasteiger partial charge >= 0.3 is 0 Å². The third-order valence-corrected chi connectivity index (χ3v) is 1.56. The van der Waals surface area contributed by atoms with Crippen molar-refractivity contribution < 1.29 is 5.11 Å². The van der Waals surface area contributed by atoms with Crippen molar-refractivity contribution in [1.29, 1.82) is 0 Å². The molecule has 0 aromatic rings. The van der Waals surface area contributed by atoms with Crippen LogP contribution in [0.3, 0.4) is 0 Å². The maximum atomic E-state index is 9.12. The van der Waals surface area contributed by atoms with E-state index >= 15 is 0 Å². The van der Waals surface area contributed by atoms with Crippen LogP contribution in [0.5, 0.6) is 0 Å². The highest BCUT2D eigenvalue weighted by Gasteiger charge is 1.99. The van der Waals surface area contributed by atoms with E-state index in [1.165, 1.54) is 0 Å². The molecular formula is C7H15ClO. The molecule has 0 bridgehead atoms. The number of aliphatic hydroxyl groups is 1. The van der Waals surface area contributed by atoms with Crippen LogP contribution in [0, 0.1) is 0 Å². The first kappa shape index (κ1) is 9.25. The van der Waals surface area contributed by atoms with Crippen LogP contribution in [0.4, 0.5) is 0 Å². The average Bonchev–Trinajstić information content (AvgIpc) is 1.85. The Bertz CT molecular complexity index is 56.9. The molecular weight excluding hydrogens is 136 g/mol. The van der Waals surface area contributed by atoms with E-state index in [2.05, 4.69) is 6.92 Å². The lowest BCUT2D eigenvalue weighted by Gasteiger charge is -2.05.